The van der Waals surface area contributed by atoms with E-state index in [0.29, 0.717) is 12.1 Å². The van der Waals surface area contributed by atoms with E-state index in [1.54, 1.807) is 26.0 Å². The summed E-state index contributed by atoms with van der Waals surface area (Å²) >= 11 is 0. The van der Waals surface area contributed by atoms with E-state index in [1.807, 2.05) is 24.3 Å². The molecule has 0 bridgehead atoms. The van der Waals surface area contributed by atoms with E-state index in [2.05, 4.69) is 65.8 Å². The topological polar surface area (TPSA) is 60.0 Å². The third-order valence-corrected chi connectivity index (χ3v) is 4.84. The summed E-state index contributed by atoms with van der Waals surface area (Å²) in [4.78, 5) is 20.1. The number of rotatable bonds is 7. The molecule has 2 aromatic carbocycles. The van der Waals surface area contributed by atoms with Gasteiger partial charge >= 0.3 is 0 Å². The van der Waals surface area contributed by atoms with Crippen LogP contribution < -0.4 is 10.6 Å². The van der Waals surface area contributed by atoms with Gasteiger partial charge in [0.2, 0.25) is 0 Å². The minimum absolute atomic E-state index is 0.00724. The smallest absolute Gasteiger partial charge is 0.253 e. The highest BCUT2D eigenvalue weighted by molar-refractivity contribution is 5.93. The number of benzene rings is 2. The zero-order valence-electron chi connectivity index (χ0n) is 18.4. The molecule has 1 unspecified atom stereocenters. The van der Waals surface area contributed by atoms with Crippen molar-refractivity contribution in [3.63, 3.8) is 0 Å². The van der Waals surface area contributed by atoms with Gasteiger partial charge in [-0.15, -0.1) is 0 Å². The van der Waals surface area contributed by atoms with E-state index in [9.17, 15) is 4.79 Å². The quantitative estimate of drug-likeness (QED) is 0.559. The van der Waals surface area contributed by atoms with Crippen molar-refractivity contribution >= 4 is 11.9 Å². The summed E-state index contributed by atoms with van der Waals surface area (Å²) in [5, 5.41) is 6.75. The van der Waals surface area contributed by atoms with Crippen molar-refractivity contribution in [2.75, 3.05) is 41.8 Å². The molecule has 0 aromatic heterocycles. The monoisotopic (exact) mass is 395 g/mol. The summed E-state index contributed by atoms with van der Waals surface area (Å²) in [6.07, 6.45) is 0. The summed E-state index contributed by atoms with van der Waals surface area (Å²) in [6, 6.07) is 16.5. The van der Waals surface area contributed by atoms with Crippen LogP contribution in [0.15, 0.2) is 53.5 Å². The Hall–Kier alpha value is -2.86. The number of amides is 1. The molecule has 2 N–H and O–H groups in total. The van der Waals surface area contributed by atoms with Gasteiger partial charge in [-0.05, 0) is 44.3 Å². The van der Waals surface area contributed by atoms with Crippen molar-refractivity contribution in [3.8, 4) is 0 Å². The molecule has 0 spiro atoms. The van der Waals surface area contributed by atoms with E-state index >= 15 is 0 Å². The first-order valence-corrected chi connectivity index (χ1v) is 9.80. The largest absolute Gasteiger partial charge is 0.354 e. The maximum absolute atomic E-state index is 12.0. The van der Waals surface area contributed by atoms with Crippen LogP contribution in [-0.2, 0) is 6.54 Å². The lowest BCUT2D eigenvalue weighted by Gasteiger charge is -2.26. The normalized spacial score (nSPS) is 12.6. The van der Waals surface area contributed by atoms with Crippen LogP contribution >= 0.6 is 0 Å². The number of carbonyl (C=O) groups excluding carboxylic acids is 1. The van der Waals surface area contributed by atoms with Crippen molar-refractivity contribution < 1.29 is 4.79 Å². The lowest BCUT2D eigenvalue weighted by Crippen LogP contribution is -2.41. The summed E-state index contributed by atoms with van der Waals surface area (Å²) in [5.74, 6) is 0.755. The Balaban J connectivity index is 1.93. The van der Waals surface area contributed by atoms with Crippen LogP contribution in [0, 0.1) is 6.92 Å². The second-order valence-corrected chi connectivity index (χ2v) is 7.59. The minimum Gasteiger partial charge on any atom is -0.354 e. The number of nitrogens with one attached hydrogen (secondary N) is 2. The number of hydrogen-bond acceptors (Lipinski definition) is 3. The van der Waals surface area contributed by atoms with Gasteiger partial charge < -0.3 is 20.4 Å². The molecule has 0 fully saturated rings. The number of carbonyl (C=O) groups is 1. The van der Waals surface area contributed by atoms with Gasteiger partial charge in [0.1, 0.15) is 0 Å². The second-order valence-electron chi connectivity index (χ2n) is 7.59. The van der Waals surface area contributed by atoms with E-state index in [0.717, 1.165) is 18.1 Å². The maximum atomic E-state index is 12.0. The Labute approximate surface area is 174 Å². The molecule has 6 heteroatoms. The molecule has 0 saturated heterocycles. The van der Waals surface area contributed by atoms with Crippen LogP contribution in [0.5, 0.6) is 0 Å². The molecule has 29 heavy (non-hydrogen) atoms. The molecule has 1 atom stereocenters. The first-order chi connectivity index (χ1) is 13.8. The summed E-state index contributed by atoms with van der Waals surface area (Å²) < 4.78 is 0. The van der Waals surface area contributed by atoms with Crippen LogP contribution in [0.4, 0.5) is 0 Å². The Kier molecular flexibility index (Phi) is 8.21. The van der Waals surface area contributed by atoms with Gasteiger partial charge in [0.05, 0.1) is 6.04 Å². The fourth-order valence-corrected chi connectivity index (χ4v) is 3.01. The zero-order valence-corrected chi connectivity index (χ0v) is 18.4. The highest BCUT2D eigenvalue weighted by Gasteiger charge is 2.14. The molecule has 0 radical (unpaired) electrons. The second kappa shape index (κ2) is 10.6. The standard InChI is InChI=1S/C23H33N5O/c1-17-7-11-19(12-8-17)21(27(3)4)16-26-23(24-2)25-15-18-9-13-20(14-10-18)22(29)28(5)6/h7-14,21H,15-16H2,1-6H3,(H2,24,25,26). The van der Waals surface area contributed by atoms with Crippen molar-refractivity contribution in [1.29, 1.82) is 0 Å². The number of aryl methyl sites for hydroxylation is 1. The molecular formula is C23H33N5O. The molecule has 6 nitrogen and oxygen atoms in total. The van der Waals surface area contributed by atoms with Crippen LogP contribution in [0.2, 0.25) is 0 Å². The molecule has 0 aliphatic rings. The van der Waals surface area contributed by atoms with E-state index in [-0.39, 0.29) is 11.9 Å². The Bertz CT molecular complexity index is 810. The summed E-state index contributed by atoms with van der Waals surface area (Å²) in [7, 11) is 9.44. The molecule has 2 aromatic rings. The lowest BCUT2D eigenvalue weighted by atomic mass is 10.0. The fraction of sp³-hybridized carbons (Fsp3) is 0.391. The lowest BCUT2D eigenvalue weighted by molar-refractivity contribution is 0.0827. The number of aliphatic imine (C=N–C) groups is 1. The highest BCUT2D eigenvalue weighted by atomic mass is 16.2. The van der Waals surface area contributed by atoms with Crippen molar-refractivity contribution in [3.05, 3.63) is 70.8 Å². The predicted octanol–water partition coefficient (Wildman–Crippen LogP) is 2.66. The third kappa shape index (κ3) is 6.61. The average Bonchev–Trinajstić information content (AvgIpc) is 2.71. The number of likely N-dealkylation sites (N-methyl/N-ethyl adjacent to an activating group) is 1. The summed E-state index contributed by atoms with van der Waals surface area (Å²) in [6.45, 7) is 3.47. The highest BCUT2D eigenvalue weighted by Crippen LogP contribution is 2.17. The number of hydrogen-bond donors (Lipinski definition) is 2. The van der Waals surface area contributed by atoms with E-state index in [1.165, 1.54) is 11.1 Å². The third-order valence-electron chi connectivity index (χ3n) is 4.84. The molecule has 2 rings (SSSR count). The van der Waals surface area contributed by atoms with Crippen LogP contribution in [0.25, 0.3) is 0 Å². The maximum Gasteiger partial charge on any atom is 0.253 e. The Morgan fingerprint density at radius 3 is 2.10 bits per heavy atom. The van der Waals surface area contributed by atoms with Crippen LogP contribution in [0.3, 0.4) is 0 Å². The van der Waals surface area contributed by atoms with Gasteiger partial charge in [0, 0.05) is 39.8 Å². The van der Waals surface area contributed by atoms with Crippen molar-refractivity contribution in [2.24, 2.45) is 4.99 Å². The number of nitrogens with zero attached hydrogens (tertiary/aromatic N) is 3. The van der Waals surface area contributed by atoms with Gasteiger partial charge in [-0.25, -0.2) is 0 Å². The Morgan fingerprint density at radius 2 is 1.59 bits per heavy atom. The van der Waals surface area contributed by atoms with Gasteiger partial charge in [-0.2, -0.15) is 0 Å². The van der Waals surface area contributed by atoms with Gasteiger partial charge in [-0.3, -0.25) is 9.79 Å². The molecule has 0 aliphatic carbocycles. The molecular weight excluding hydrogens is 362 g/mol. The summed E-state index contributed by atoms with van der Waals surface area (Å²) in [5.41, 5.74) is 4.30. The van der Waals surface area contributed by atoms with Crippen molar-refractivity contribution in [1.82, 2.24) is 20.4 Å². The van der Waals surface area contributed by atoms with Crippen LogP contribution in [0.1, 0.15) is 33.1 Å². The molecule has 0 aliphatic heterocycles. The van der Waals surface area contributed by atoms with Crippen LogP contribution in [-0.4, -0.2) is 63.4 Å². The number of guanidine groups is 1. The fourth-order valence-electron chi connectivity index (χ4n) is 3.01. The van der Waals surface area contributed by atoms with Gasteiger partial charge in [0.25, 0.3) is 5.91 Å². The Morgan fingerprint density at radius 1 is 0.966 bits per heavy atom. The van der Waals surface area contributed by atoms with Crippen molar-refractivity contribution in [2.45, 2.75) is 19.5 Å². The average molecular weight is 396 g/mol. The van der Waals surface area contributed by atoms with E-state index in [4.69, 9.17) is 0 Å². The molecule has 1 amide bonds. The van der Waals surface area contributed by atoms with Gasteiger partial charge in [0.15, 0.2) is 5.96 Å². The van der Waals surface area contributed by atoms with E-state index < -0.39 is 0 Å². The molecule has 0 heterocycles. The predicted molar refractivity (Wildman–Crippen MR) is 120 cm³/mol. The molecule has 0 saturated carbocycles. The zero-order chi connectivity index (χ0) is 21.4. The first kappa shape index (κ1) is 22.4. The first-order valence-electron chi connectivity index (χ1n) is 9.80. The minimum atomic E-state index is 0.00724. The molecule has 156 valence electrons. The van der Waals surface area contributed by atoms with Gasteiger partial charge in [-0.1, -0.05) is 42.0 Å². The SMILES string of the molecule is CN=C(NCc1ccc(C(=O)N(C)C)cc1)NCC(c1ccc(C)cc1)N(C)C.